The molecule has 2 aromatic heterocycles. The van der Waals surface area contributed by atoms with Gasteiger partial charge in [0.05, 0.1) is 16.5 Å². The fourth-order valence-corrected chi connectivity index (χ4v) is 6.06. The Balaban J connectivity index is 1.53. The molecule has 0 aromatic carbocycles. The van der Waals surface area contributed by atoms with Crippen molar-refractivity contribution in [2.24, 2.45) is 17.3 Å². The molecule has 10 heteroatoms. The van der Waals surface area contributed by atoms with E-state index in [9.17, 15) is 19.5 Å². The van der Waals surface area contributed by atoms with Gasteiger partial charge in [-0.25, -0.2) is 25.0 Å². The summed E-state index contributed by atoms with van der Waals surface area (Å²) in [4.78, 5) is 45.5. The largest absolute Gasteiger partial charge is 0.477 e. The molecule has 224 valence electrons. The van der Waals surface area contributed by atoms with Gasteiger partial charge in [-0.3, -0.25) is 4.79 Å². The molecule has 2 unspecified atom stereocenters. The van der Waals surface area contributed by atoms with E-state index in [4.69, 9.17) is 4.74 Å². The predicted molar refractivity (Wildman–Crippen MR) is 163 cm³/mol. The standard InChI is InChI=1S/C32H40N4O5S/c1-21-9-11-22(12-10-21)29(37)36(26-20-25(17-18-32(2,3)4)42-28(26)30(38)39)24-15-13-23(14-16-24)34-35(5)31(40)41-27-8-6-7-19-33-27/h6-9,11,19-24,34H,10,12-16H2,1-5H3,(H,38,39). The maximum atomic E-state index is 14.1. The molecule has 42 heavy (non-hydrogen) atoms. The molecule has 0 bridgehead atoms. The molecule has 0 radical (unpaired) electrons. The summed E-state index contributed by atoms with van der Waals surface area (Å²) in [5.74, 6) is 5.52. The lowest BCUT2D eigenvalue weighted by molar-refractivity contribution is -0.122. The van der Waals surface area contributed by atoms with E-state index in [0.29, 0.717) is 42.2 Å². The van der Waals surface area contributed by atoms with Gasteiger partial charge in [-0.05, 0) is 77.3 Å². The number of aromatic carboxylic acids is 1. The van der Waals surface area contributed by atoms with Crippen LogP contribution < -0.4 is 15.1 Å². The van der Waals surface area contributed by atoms with Crippen LogP contribution in [-0.2, 0) is 4.79 Å². The quantitative estimate of drug-likeness (QED) is 0.226. The number of aromatic nitrogens is 1. The van der Waals surface area contributed by atoms with Gasteiger partial charge in [-0.15, -0.1) is 11.3 Å². The minimum absolute atomic E-state index is 0.00968. The number of allylic oxidation sites excluding steroid dienone is 1. The summed E-state index contributed by atoms with van der Waals surface area (Å²) >= 11 is 1.12. The van der Waals surface area contributed by atoms with Gasteiger partial charge < -0.3 is 14.7 Å². The van der Waals surface area contributed by atoms with Gasteiger partial charge in [0.15, 0.2) is 0 Å². The number of nitrogens with zero attached hydrogens (tertiary/aromatic N) is 3. The van der Waals surface area contributed by atoms with E-state index in [0.717, 1.165) is 24.2 Å². The Morgan fingerprint density at radius 2 is 1.83 bits per heavy atom. The van der Waals surface area contributed by atoms with E-state index in [1.54, 1.807) is 42.4 Å². The van der Waals surface area contributed by atoms with Crippen molar-refractivity contribution in [3.8, 4) is 17.7 Å². The Labute approximate surface area is 251 Å². The number of carboxylic acid groups (broad SMARTS) is 1. The molecule has 1 saturated carbocycles. The van der Waals surface area contributed by atoms with Crippen LogP contribution in [0.2, 0.25) is 0 Å². The third-order valence-electron chi connectivity index (χ3n) is 7.43. The maximum absolute atomic E-state index is 14.1. The molecule has 2 N–H and O–H groups in total. The van der Waals surface area contributed by atoms with Crippen LogP contribution >= 0.6 is 11.3 Å². The molecule has 2 aromatic rings. The number of ether oxygens (including phenoxy) is 1. The fraction of sp³-hybridized carbons (Fsp3) is 0.500. The highest BCUT2D eigenvalue weighted by Gasteiger charge is 2.37. The number of hydrazine groups is 1. The fourth-order valence-electron chi connectivity index (χ4n) is 5.22. The summed E-state index contributed by atoms with van der Waals surface area (Å²) in [6, 6.07) is 6.68. The van der Waals surface area contributed by atoms with Crippen molar-refractivity contribution in [2.75, 3.05) is 11.9 Å². The Hall–Kier alpha value is -3.68. The number of rotatable bonds is 7. The van der Waals surface area contributed by atoms with Gasteiger partial charge in [0.1, 0.15) is 4.88 Å². The summed E-state index contributed by atoms with van der Waals surface area (Å²) in [6.45, 7) is 8.14. The molecule has 2 aliphatic rings. The van der Waals surface area contributed by atoms with E-state index in [2.05, 4.69) is 35.3 Å². The van der Waals surface area contributed by atoms with Crippen molar-refractivity contribution >= 4 is 35.0 Å². The summed E-state index contributed by atoms with van der Waals surface area (Å²) in [7, 11) is 1.61. The second kappa shape index (κ2) is 13.5. The number of carboxylic acids is 1. The number of anilines is 1. The number of carbonyl (C=O) groups is 3. The van der Waals surface area contributed by atoms with Gasteiger partial charge in [0, 0.05) is 36.8 Å². The number of amides is 2. The second-order valence-electron chi connectivity index (χ2n) is 12.1. The minimum atomic E-state index is -1.06. The van der Waals surface area contributed by atoms with Crippen LogP contribution in [-0.4, -0.2) is 52.2 Å². The Bertz CT molecular complexity index is 1360. The summed E-state index contributed by atoms with van der Waals surface area (Å²) in [6.07, 6.45) is 9.37. The summed E-state index contributed by atoms with van der Waals surface area (Å²) in [5.41, 5.74) is 3.39. The zero-order valence-corrected chi connectivity index (χ0v) is 25.7. The zero-order valence-electron chi connectivity index (χ0n) is 24.9. The van der Waals surface area contributed by atoms with Gasteiger partial charge in [-0.2, -0.15) is 0 Å². The van der Waals surface area contributed by atoms with Crippen LogP contribution in [0.5, 0.6) is 5.88 Å². The summed E-state index contributed by atoms with van der Waals surface area (Å²) in [5, 5.41) is 11.4. The summed E-state index contributed by atoms with van der Waals surface area (Å²) < 4.78 is 5.31. The van der Waals surface area contributed by atoms with Gasteiger partial charge in [-0.1, -0.05) is 37.0 Å². The lowest BCUT2D eigenvalue weighted by Gasteiger charge is -2.39. The maximum Gasteiger partial charge on any atom is 0.430 e. The van der Waals surface area contributed by atoms with Gasteiger partial charge >= 0.3 is 12.1 Å². The zero-order chi connectivity index (χ0) is 30.4. The minimum Gasteiger partial charge on any atom is -0.477 e. The lowest BCUT2D eigenvalue weighted by atomic mass is 9.86. The third-order valence-corrected chi connectivity index (χ3v) is 8.46. The van der Waals surface area contributed by atoms with Crippen LogP contribution in [0.25, 0.3) is 0 Å². The first-order valence-corrected chi connectivity index (χ1v) is 15.3. The van der Waals surface area contributed by atoms with Crippen LogP contribution in [0.4, 0.5) is 10.5 Å². The Morgan fingerprint density at radius 3 is 2.43 bits per heavy atom. The van der Waals surface area contributed by atoms with Crippen molar-refractivity contribution in [1.82, 2.24) is 15.4 Å². The first kappa shape index (κ1) is 31.3. The molecule has 0 aliphatic heterocycles. The number of pyridine rings is 1. The van der Waals surface area contributed by atoms with E-state index >= 15 is 0 Å². The van der Waals surface area contributed by atoms with E-state index < -0.39 is 12.1 Å². The van der Waals surface area contributed by atoms with E-state index in [1.165, 1.54) is 5.01 Å². The molecule has 0 saturated heterocycles. The number of nitrogens with one attached hydrogen (secondary N) is 1. The number of hydrogen-bond acceptors (Lipinski definition) is 7. The normalized spacial score (nSPS) is 22.0. The molecular weight excluding hydrogens is 552 g/mol. The van der Waals surface area contributed by atoms with Crippen molar-refractivity contribution in [3.05, 3.63) is 52.4 Å². The van der Waals surface area contributed by atoms with E-state index in [1.807, 2.05) is 26.8 Å². The highest BCUT2D eigenvalue weighted by Crippen LogP contribution is 2.37. The predicted octanol–water partition coefficient (Wildman–Crippen LogP) is 6.12. The topological polar surface area (TPSA) is 112 Å². The molecule has 2 aliphatic carbocycles. The Morgan fingerprint density at radius 1 is 1.10 bits per heavy atom. The second-order valence-corrected chi connectivity index (χ2v) is 13.2. The van der Waals surface area contributed by atoms with Gasteiger partial charge in [0.2, 0.25) is 11.8 Å². The molecule has 1 fully saturated rings. The van der Waals surface area contributed by atoms with E-state index in [-0.39, 0.29) is 40.1 Å². The van der Waals surface area contributed by atoms with Crippen molar-refractivity contribution < 1.29 is 24.2 Å². The van der Waals surface area contributed by atoms with Crippen LogP contribution in [0.3, 0.4) is 0 Å². The van der Waals surface area contributed by atoms with Crippen LogP contribution in [0.15, 0.2) is 42.6 Å². The average molecular weight is 593 g/mol. The highest BCUT2D eigenvalue weighted by atomic mass is 32.1. The highest BCUT2D eigenvalue weighted by molar-refractivity contribution is 7.15. The molecule has 2 heterocycles. The molecular formula is C32H40N4O5S. The number of thiophene rings is 1. The monoisotopic (exact) mass is 592 g/mol. The lowest BCUT2D eigenvalue weighted by Crippen LogP contribution is -2.51. The van der Waals surface area contributed by atoms with Crippen molar-refractivity contribution in [1.29, 1.82) is 0 Å². The Kier molecular flexibility index (Phi) is 10.1. The first-order valence-electron chi connectivity index (χ1n) is 14.5. The third kappa shape index (κ3) is 8.20. The van der Waals surface area contributed by atoms with Crippen molar-refractivity contribution in [2.45, 2.75) is 78.3 Å². The molecule has 2 atom stereocenters. The van der Waals surface area contributed by atoms with Crippen LogP contribution in [0, 0.1) is 29.1 Å². The average Bonchev–Trinajstić information content (AvgIpc) is 3.38. The molecule has 4 rings (SSSR count). The molecule has 2 amide bonds. The first-order chi connectivity index (χ1) is 19.9. The molecule has 9 nitrogen and oxygen atoms in total. The number of carbonyl (C=O) groups excluding carboxylic acids is 2. The molecule has 0 spiro atoms. The number of hydrogen-bond donors (Lipinski definition) is 2. The van der Waals surface area contributed by atoms with Crippen LogP contribution in [0.1, 0.15) is 80.8 Å². The SMILES string of the molecule is CC1C=CC(C(=O)N(c2cc(C#CC(C)(C)C)sc2C(=O)O)C2CCC(NN(C)C(=O)Oc3ccccn3)CC2)CC1. The smallest absolute Gasteiger partial charge is 0.430 e. The van der Waals surface area contributed by atoms with Crippen molar-refractivity contribution in [3.63, 3.8) is 0 Å². The van der Waals surface area contributed by atoms with Gasteiger partial charge in [0.25, 0.3) is 0 Å².